The maximum absolute atomic E-state index is 14.0. The Labute approximate surface area is 252 Å². The first-order valence-corrected chi connectivity index (χ1v) is 14.5. The molecule has 1 unspecified atom stereocenters. The highest BCUT2D eigenvalue weighted by atomic mass is 19.4. The fraction of sp³-hybridized carbons (Fsp3) is 0.552. The maximum Gasteiger partial charge on any atom is 0.389 e. The number of carbonyl (C=O) groups is 2. The summed E-state index contributed by atoms with van der Waals surface area (Å²) in [6.45, 7) is -0.888. The summed E-state index contributed by atoms with van der Waals surface area (Å²) < 4.78 is 97.4. The molecule has 0 spiro atoms. The molecule has 0 aliphatic heterocycles. The zero-order valence-corrected chi connectivity index (χ0v) is 23.9. The molecule has 2 aliphatic rings. The van der Waals surface area contributed by atoms with Crippen molar-refractivity contribution in [1.29, 1.82) is 0 Å². The van der Waals surface area contributed by atoms with Crippen LogP contribution < -0.4 is 15.4 Å². The Morgan fingerprint density at radius 3 is 2.38 bits per heavy atom. The Balaban J connectivity index is 1.38. The summed E-state index contributed by atoms with van der Waals surface area (Å²) in [6.07, 6.45) is -2.72. The van der Waals surface area contributed by atoms with E-state index in [4.69, 9.17) is 4.74 Å². The van der Waals surface area contributed by atoms with Crippen LogP contribution in [0.1, 0.15) is 85.1 Å². The highest BCUT2D eigenvalue weighted by molar-refractivity contribution is 5.94. The topological polar surface area (TPSA) is 111 Å². The number of nitrogens with zero attached hydrogens (tertiary/aromatic N) is 4. The molecule has 2 amide bonds. The Morgan fingerprint density at radius 1 is 1.00 bits per heavy atom. The summed E-state index contributed by atoms with van der Waals surface area (Å²) in [4.78, 5) is 34.1. The normalized spacial score (nSPS) is 18.5. The molecule has 9 nitrogen and oxygen atoms in total. The number of alkyl halides is 7. The van der Waals surface area contributed by atoms with Crippen LogP contribution in [-0.2, 0) is 4.79 Å². The number of fused-ring (bicyclic) bond motifs is 1. The standard InChI is InChI=1S/C29H31F7N6O3/c30-22(31)15-45-20-9-19(11-37-13-20)27(44)41-26(17-3-6-28(32,33)7-4-17)21-14-42-23(39-21)10-18(12-38-42)25(16-1-2-16)40-24(43)5-8-29(34,35)36/h9-14,16-17,22,25-26H,1-8,15H2,(H,40,43)(H,41,44)/t25?,26-/m0/s1. The minimum absolute atomic E-state index is 0.00520. The van der Waals surface area contributed by atoms with E-state index in [0.29, 0.717) is 16.9 Å². The summed E-state index contributed by atoms with van der Waals surface area (Å²) in [5.74, 6) is -4.64. The number of ether oxygens (including phenoxy) is 1. The molecule has 0 saturated heterocycles. The van der Waals surface area contributed by atoms with Gasteiger partial charge in [-0.3, -0.25) is 14.6 Å². The van der Waals surface area contributed by atoms with Crippen molar-refractivity contribution in [2.24, 2.45) is 11.8 Å². The predicted molar refractivity (Wildman–Crippen MR) is 145 cm³/mol. The second-order valence-electron chi connectivity index (χ2n) is 11.5. The number of amides is 2. The molecule has 244 valence electrons. The lowest BCUT2D eigenvalue weighted by Gasteiger charge is -2.33. The van der Waals surface area contributed by atoms with Gasteiger partial charge in [-0.1, -0.05) is 0 Å². The first-order chi connectivity index (χ1) is 21.3. The van der Waals surface area contributed by atoms with Gasteiger partial charge in [-0.05, 0) is 55.2 Å². The van der Waals surface area contributed by atoms with Gasteiger partial charge in [0.15, 0.2) is 5.65 Å². The summed E-state index contributed by atoms with van der Waals surface area (Å²) in [5.41, 5.74) is 1.21. The Kier molecular flexibility index (Phi) is 9.49. The van der Waals surface area contributed by atoms with Crippen molar-refractivity contribution in [2.75, 3.05) is 6.61 Å². The van der Waals surface area contributed by atoms with E-state index >= 15 is 0 Å². The SMILES string of the molecule is O=C(CCC(F)(F)F)NC(c1cnn2cc([C@@H](NC(=O)c3cncc(OCC(F)F)c3)C3CCC(F)(F)CC3)nc2c1)C1CC1. The molecule has 2 aliphatic carbocycles. The minimum Gasteiger partial charge on any atom is -0.486 e. The van der Waals surface area contributed by atoms with Gasteiger partial charge < -0.3 is 15.4 Å². The van der Waals surface area contributed by atoms with Gasteiger partial charge in [0.1, 0.15) is 12.4 Å². The lowest BCUT2D eigenvalue weighted by atomic mass is 9.81. The monoisotopic (exact) mass is 644 g/mol. The summed E-state index contributed by atoms with van der Waals surface area (Å²) in [5, 5.41) is 9.88. The largest absolute Gasteiger partial charge is 0.486 e. The van der Waals surface area contributed by atoms with Gasteiger partial charge >= 0.3 is 6.18 Å². The highest BCUT2D eigenvalue weighted by Gasteiger charge is 2.40. The number of carbonyl (C=O) groups excluding carboxylic acids is 2. The fourth-order valence-electron chi connectivity index (χ4n) is 5.47. The number of nitrogens with one attached hydrogen (secondary N) is 2. The molecule has 3 aromatic rings. The van der Waals surface area contributed by atoms with E-state index in [0.717, 1.165) is 12.8 Å². The van der Waals surface area contributed by atoms with Crippen molar-refractivity contribution >= 4 is 17.5 Å². The molecule has 0 aromatic carbocycles. The highest BCUT2D eigenvalue weighted by Crippen LogP contribution is 2.43. The van der Waals surface area contributed by atoms with Gasteiger partial charge in [0.2, 0.25) is 11.8 Å². The zero-order valence-electron chi connectivity index (χ0n) is 23.9. The van der Waals surface area contributed by atoms with E-state index in [2.05, 4.69) is 25.7 Å². The van der Waals surface area contributed by atoms with E-state index in [1.165, 1.54) is 29.2 Å². The van der Waals surface area contributed by atoms with Gasteiger partial charge in [0.25, 0.3) is 12.3 Å². The van der Waals surface area contributed by atoms with E-state index in [9.17, 15) is 40.3 Å². The number of halogens is 7. The Morgan fingerprint density at radius 2 is 1.71 bits per heavy atom. The van der Waals surface area contributed by atoms with E-state index in [-0.39, 0.29) is 42.9 Å². The molecule has 5 rings (SSSR count). The van der Waals surface area contributed by atoms with Crippen LogP contribution in [0.3, 0.4) is 0 Å². The van der Waals surface area contributed by atoms with Crippen LogP contribution in [0.4, 0.5) is 30.7 Å². The van der Waals surface area contributed by atoms with Crippen LogP contribution in [0.5, 0.6) is 5.75 Å². The molecule has 2 fully saturated rings. The zero-order chi connectivity index (χ0) is 32.4. The second-order valence-corrected chi connectivity index (χ2v) is 11.5. The summed E-state index contributed by atoms with van der Waals surface area (Å²) >= 11 is 0. The van der Waals surface area contributed by atoms with Crippen LogP contribution in [-0.4, -0.2) is 56.5 Å². The predicted octanol–water partition coefficient (Wildman–Crippen LogP) is 5.97. The van der Waals surface area contributed by atoms with Gasteiger partial charge in [-0.2, -0.15) is 18.3 Å². The van der Waals surface area contributed by atoms with Crippen molar-refractivity contribution in [1.82, 2.24) is 30.2 Å². The number of pyridine rings is 1. The van der Waals surface area contributed by atoms with Gasteiger partial charge in [0, 0.05) is 25.5 Å². The van der Waals surface area contributed by atoms with E-state index in [1.54, 1.807) is 12.3 Å². The number of hydrogen-bond donors (Lipinski definition) is 2. The first kappa shape index (κ1) is 32.4. The summed E-state index contributed by atoms with van der Waals surface area (Å²) in [6, 6.07) is 1.50. The number of imidazole rings is 1. The molecular formula is C29H31F7N6O3. The third-order valence-electron chi connectivity index (χ3n) is 7.95. The second kappa shape index (κ2) is 13.2. The van der Waals surface area contributed by atoms with Gasteiger partial charge in [0.05, 0.1) is 48.4 Å². The van der Waals surface area contributed by atoms with E-state index < -0.39 is 67.8 Å². The molecular weight excluding hydrogens is 613 g/mol. The minimum atomic E-state index is -4.46. The Bertz CT molecular complexity index is 1500. The average molecular weight is 645 g/mol. The van der Waals surface area contributed by atoms with Crippen LogP contribution in [0.2, 0.25) is 0 Å². The van der Waals surface area contributed by atoms with Gasteiger partial charge in [-0.25, -0.2) is 27.1 Å². The lowest BCUT2D eigenvalue weighted by Crippen LogP contribution is -2.37. The van der Waals surface area contributed by atoms with Crippen LogP contribution in [0, 0.1) is 11.8 Å². The molecule has 3 heterocycles. The number of aromatic nitrogens is 4. The van der Waals surface area contributed by atoms with E-state index in [1.807, 2.05) is 0 Å². The van der Waals surface area contributed by atoms with Crippen LogP contribution in [0.25, 0.3) is 5.65 Å². The third-order valence-corrected chi connectivity index (χ3v) is 7.95. The molecule has 0 bridgehead atoms. The molecule has 0 radical (unpaired) electrons. The Hall–Kier alpha value is -3.98. The first-order valence-electron chi connectivity index (χ1n) is 14.5. The van der Waals surface area contributed by atoms with Crippen molar-refractivity contribution < 1.29 is 45.1 Å². The van der Waals surface area contributed by atoms with Crippen molar-refractivity contribution in [3.8, 4) is 5.75 Å². The number of rotatable bonds is 12. The van der Waals surface area contributed by atoms with Crippen molar-refractivity contribution in [3.05, 3.63) is 53.7 Å². The molecule has 2 saturated carbocycles. The quantitative estimate of drug-likeness (QED) is 0.235. The van der Waals surface area contributed by atoms with Crippen LogP contribution in [0.15, 0.2) is 36.9 Å². The van der Waals surface area contributed by atoms with Crippen molar-refractivity contribution in [3.63, 3.8) is 0 Å². The fourth-order valence-corrected chi connectivity index (χ4v) is 5.47. The molecule has 2 N–H and O–H groups in total. The smallest absolute Gasteiger partial charge is 0.389 e. The molecule has 2 atom stereocenters. The van der Waals surface area contributed by atoms with Crippen LogP contribution >= 0.6 is 0 Å². The number of hydrogen-bond acceptors (Lipinski definition) is 6. The summed E-state index contributed by atoms with van der Waals surface area (Å²) in [7, 11) is 0. The molecule has 16 heteroatoms. The average Bonchev–Trinajstić information content (AvgIpc) is 3.74. The molecule has 3 aromatic heterocycles. The molecule has 45 heavy (non-hydrogen) atoms. The lowest BCUT2D eigenvalue weighted by molar-refractivity contribution is -0.144. The van der Waals surface area contributed by atoms with Gasteiger partial charge in [-0.15, -0.1) is 0 Å². The van der Waals surface area contributed by atoms with Crippen molar-refractivity contribution in [2.45, 2.75) is 82.0 Å². The maximum atomic E-state index is 14.0. The third kappa shape index (κ3) is 8.81.